The third-order valence-corrected chi connectivity index (χ3v) is 3.41. The van der Waals surface area contributed by atoms with E-state index in [0.717, 1.165) is 22.5 Å². The number of hydrogen-bond donors (Lipinski definition) is 1. The molecule has 0 bridgehead atoms. The molecule has 0 amide bonds. The number of rotatable bonds is 2. The topological polar surface area (TPSA) is 51.8 Å². The molecular weight excluding hydrogens is 277 g/mol. The normalized spacial score (nSPS) is 10.7. The second kappa shape index (κ2) is 5.56. The maximum atomic E-state index is 13.5. The summed E-state index contributed by atoms with van der Waals surface area (Å²) in [5.74, 6) is 0.111. The van der Waals surface area contributed by atoms with Gasteiger partial charge in [0.2, 0.25) is 0 Å². The van der Waals surface area contributed by atoms with Crippen molar-refractivity contribution >= 4 is 5.82 Å². The summed E-state index contributed by atoms with van der Waals surface area (Å²) < 4.78 is 13.5. The molecule has 0 aliphatic carbocycles. The van der Waals surface area contributed by atoms with Crippen LogP contribution in [0.25, 0.3) is 22.4 Å². The van der Waals surface area contributed by atoms with E-state index in [0.29, 0.717) is 17.1 Å². The highest BCUT2D eigenvalue weighted by Crippen LogP contribution is 2.32. The summed E-state index contributed by atoms with van der Waals surface area (Å²) >= 11 is 0. The van der Waals surface area contributed by atoms with Gasteiger partial charge in [0.25, 0.3) is 0 Å². The van der Waals surface area contributed by atoms with Crippen molar-refractivity contribution in [1.29, 1.82) is 0 Å². The molecule has 0 saturated carbocycles. The lowest BCUT2D eigenvalue weighted by molar-refractivity contribution is 0.628. The van der Waals surface area contributed by atoms with Gasteiger partial charge in [-0.25, -0.2) is 9.37 Å². The third-order valence-electron chi connectivity index (χ3n) is 3.41. The fraction of sp³-hybridized carbons (Fsp3) is 0.111. The Morgan fingerprint density at radius 2 is 1.59 bits per heavy atom. The van der Waals surface area contributed by atoms with Gasteiger partial charge in [-0.2, -0.15) is 0 Å². The first kappa shape index (κ1) is 14.2. The highest BCUT2D eigenvalue weighted by atomic mass is 19.1. The Morgan fingerprint density at radius 1 is 0.864 bits per heavy atom. The first-order valence-electron chi connectivity index (χ1n) is 7.01. The number of aryl methyl sites for hydroxylation is 2. The summed E-state index contributed by atoms with van der Waals surface area (Å²) in [6, 6.07) is 14.0. The first-order chi connectivity index (χ1) is 10.5. The Morgan fingerprint density at radius 3 is 2.27 bits per heavy atom. The molecule has 22 heavy (non-hydrogen) atoms. The number of anilines is 1. The van der Waals surface area contributed by atoms with E-state index < -0.39 is 0 Å². The minimum atomic E-state index is -0.297. The van der Waals surface area contributed by atoms with Crippen molar-refractivity contribution < 1.29 is 4.39 Å². The molecule has 3 aromatic rings. The fourth-order valence-electron chi connectivity index (χ4n) is 2.55. The summed E-state index contributed by atoms with van der Waals surface area (Å²) in [7, 11) is 0. The monoisotopic (exact) mass is 293 g/mol. The number of hydrogen-bond acceptors (Lipinski definition) is 3. The molecule has 2 heterocycles. The molecule has 3 rings (SSSR count). The van der Waals surface area contributed by atoms with Crippen LogP contribution in [0, 0.1) is 19.7 Å². The van der Waals surface area contributed by atoms with E-state index >= 15 is 0 Å². The average molecular weight is 293 g/mol. The molecule has 0 atom stereocenters. The van der Waals surface area contributed by atoms with Crippen molar-refractivity contribution in [3.05, 3.63) is 65.7 Å². The van der Waals surface area contributed by atoms with Crippen LogP contribution in [0.15, 0.2) is 48.5 Å². The van der Waals surface area contributed by atoms with Crippen molar-refractivity contribution in [2.45, 2.75) is 13.8 Å². The van der Waals surface area contributed by atoms with Gasteiger partial charge in [-0.05, 0) is 55.8 Å². The number of pyridine rings is 2. The minimum absolute atomic E-state index is 0.297. The molecular formula is C18H16FN3. The van der Waals surface area contributed by atoms with Gasteiger partial charge in [0.15, 0.2) is 0 Å². The van der Waals surface area contributed by atoms with Crippen LogP contribution >= 0.6 is 0 Å². The van der Waals surface area contributed by atoms with Crippen LogP contribution in [0.3, 0.4) is 0 Å². The Balaban J connectivity index is 2.24. The SMILES string of the molecule is Cc1cc(-c2ccc(N)nc2-c2cccc(F)c2)cc(C)n1. The fourth-order valence-corrected chi connectivity index (χ4v) is 2.55. The van der Waals surface area contributed by atoms with Crippen LogP contribution in [0.5, 0.6) is 0 Å². The first-order valence-corrected chi connectivity index (χ1v) is 7.01. The highest BCUT2D eigenvalue weighted by Gasteiger charge is 2.11. The molecule has 0 fully saturated rings. The zero-order valence-corrected chi connectivity index (χ0v) is 12.5. The summed E-state index contributed by atoms with van der Waals surface area (Å²) in [6.45, 7) is 3.90. The van der Waals surface area contributed by atoms with E-state index in [1.54, 1.807) is 12.1 Å². The molecule has 1 aromatic carbocycles. The second-order valence-corrected chi connectivity index (χ2v) is 5.28. The minimum Gasteiger partial charge on any atom is -0.384 e. The van der Waals surface area contributed by atoms with E-state index in [-0.39, 0.29) is 5.82 Å². The number of nitrogen functional groups attached to an aromatic ring is 1. The lowest BCUT2D eigenvalue weighted by Crippen LogP contribution is -1.97. The van der Waals surface area contributed by atoms with Gasteiger partial charge in [-0.1, -0.05) is 12.1 Å². The maximum Gasteiger partial charge on any atom is 0.124 e. The van der Waals surface area contributed by atoms with E-state index in [4.69, 9.17) is 5.73 Å². The van der Waals surface area contributed by atoms with E-state index in [1.807, 2.05) is 38.1 Å². The Bertz CT molecular complexity index is 823. The second-order valence-electron chi connectivity index (χ2n) is 5.28. The molecule has 2 N–H and O–H groups in total. The molecule has 2 aromatic heterocycles. The van der Waals surface area contributed by atoms with Gasteiger partial charge in [-0.15, -0.1) is 0 Å². The molecule has 0 saturated heterocycles. The number of nitrogens with zero attached hydrogens (tertiary/aromatic N) is 2. The number of benzene rings is 1. The van der Waals surface area contributed by atoms with Crippen LogP contribution in [0.1, 0.15) is 11.4 Å². The number of halogens is 1. The van der Waals surface area contributed by atoms with Gasteiger partial charge in [0, 0.05) is 22.5 Å². The van der Waals surface area contributed by atoms with Crippen LogP contribution in [-0.2, 0) is 0 Å². The van der Waals surface area contributed by atoms with Gasteiger partial charge in [0.05, 0.1) is 5.69 Å². The smallest absolute Gasteiger partial charge is 0.124 e. The predicted molar refractivity (Wildman–Crippen MR) is 86.7 cm³/mol. The van der Waals surface area contributed by atoms with Crippen LogP contribution < -0.4 is 5.73 Å². The number of nitrogens with two attached hydrogens (primary N) is 1. The van der Waals surface area contributed by atoms with Gasteiger partial charge < -0.3 is 5.73 Å². The molecule has 4 heteroatoms. The largest absolute Gasteiger partial charge is 0.384 e. The van der Waals surface area contributed by atoms with Crippen molar-refractivity contribution in [2.24, 2.45) is 0 Å². The Labute approximate surface area is 128 Å². The van der Waals surface area contributed by atoms with E-state index in [1.165, 1.54) is 12.1 Å². The van der Waals surface area contributed by atoms with Gasteiger partial charge >= 0.3 is 0 Å². The molecule has 0 aliphatic heterocycles. The molecule has 0 radical (unpaired) electrons. The molecule has 0 spiro atoms. The molecule has 0 aliphatic rings. The van der Waals surface area contributed by atoms with Crippen molar-refractivity contribution in [1.82, 2.24) is 9.97 Å². The Kier molecular flexibility index (Phi) is 3.59. The molecule has 0 unspecified atom stereocenters. The number of aromatic nitrogens is 2. The maximum absolute atomic E-state index is 13.5. The van der Waals surface area contributed by atoms with Crippen LogP contribution in [0.2, 0.25) is 0 Å². The highest BCUT2D eigenvalue weighted by molar-refractivity contribution is 5.82. The van der Waals surface area contributed by atoms with Gasteiger partial charge in [0.1, 0.15) is 11.6 Å². The predicted octanol–water partition coefficient (Wildman–Crippen LogP) is 4.15. The zero-order chi connectivity index (χ0) is 15.7. The Hall–Kier alpha value is -2.75. The summed E-state index contributed by atoms with van der Waals surface area (Å²) in [4.78, 5) is 8.80. The van der Waals surface area contributed by atoms with E-state index in [2.05, 4.69) is 9.97 Å². The van der Waals surface area contributed by atoms with E-state index in [9.17, 15) is 4.39 Å². The quantitative estimate of drug-likeness (QED) is 0.772. The zero-order valence-electron chi connectivity index (χ0n) is 12.5. The summed E-state index contributed by atoms with van der Waals surface area (Å²) in [6.07, 6.45) is 0. The van der Waals surface area contributed by atoms with Crippen LogP contribution in [0.4, 0.5) is 10.2 Å². The van der Waals surface area contributed by atoms with Crippen molar-refractivity contribution in [3.63, 3.8) is 0 Å². The average Bonchev–Trinajstić information content (AvgIpc) is 2.46. The molecule has 3 nitrogen and oxygen atoms in total. The van der Waals surface area contributed by atoms with Gasteiger partial charge in [-0.3, -0.25) is 4.98 Å². The molecule has 110 valence electrons. The standard InChI is InChI=1S/C18H16FN3/c1-11-8-14(9-12(2)21-11)16-6-7-17(20)22-18(16)13-4-3-5-15(19)10-13/h3-10H,1-2H3,(H2,20,22). The van der Waals surface area contributed by atoms with Crippen molar-refractivity contribution in [2.75, 3.05) is 5.73 Å². The van der Waals surface area contributed by atoms with Crippen molar-refractivity contribution in [3.8, 4) is 22.4 Å². The lowest BCUT2D eigenvalue weighted by atomic mass is 9.98. The lowest BCUT2D eigenvalue weighted by Gasteiger charge is -2.11. The summed E-state index contributed by atoms with van der Waals surface area (Å²) in [5.41, 5.74) is 11.0. The summed E-state index contributed by atoms with van der Waals surface area (Å²) in [5, 5.41) is 0. The van der Waals surface area contributed by atoms with Crippen LogP contribution in [-0.4, -0.2) is 9.97 Å². The third kappa shape index (κ3) is 2.81.